The van der Waals surface area contributed by atoms with Gasteiger partial charge in [0.1, 0.15) is 0 Å². The molecule has 2 N–H and O–H groups in total. The van der Waals surface area contributed by atoms with Crippen LogP contribution in [0.3, 0.4) is 0 Å². The van der Waals surface area contributed by atoms with Crippen molar-refractivity contribution >= 4 is 11.8 Å². The Morgan fingerprint density at radius 2 is 2.00 bits per heavy atom. The molecule has 3 heterocycles. The van der Waals surface area contributed by atoms with Crippen molar-refractivity contribution in [1.82, 2.24) is 25.4 Å². The summed E-state index contributed by atoms with van der Waals surface area (Å²) in [6, 6.07) is 1.08. The van der Waals surface area contributed by atoms with E-state index in [0.29, 0.717) is 44.2 Å². The molecule has 2 amide bonds. The molecule has 0 spiro atoms. The lowest BCUT2D eigenvalue weighted by molar-refractivity contribution is 0.122. The van der Waals surface area contributed by atoms with E-state index >= 15 is 0 Å². The van der Waals surface area contributed by atoms with Gasteiger partial charge >= 0.3 is 6.03 Å². The molecule has 1 aliphatic heterocycles. The van der Waals surface area contributed by atoms with Crippen molar-refractivity contribution in [3.05, 3.63) is 41.1 Å². The number of urea groups is 1. The lowest BCUT2D eigenvalue weighted by Crippen LogP contribution is -2.37. The van der Waals surface area contributed by atoms with Crippen LogP contribution >= 0.6 is 0 Å². The van der Waals surface area contributed by atoms with Gasteiger partial charge in [0.2, 0.25) is 0 Å². The Hall–Kier alpha value is -2.68. The van der Waals surface area contributed by atoms with Crippen molar-refractivity contribution in [1.29, 1.82) is 0 Å². The van der Waals surface area contributed by atoms with Crippen LogP contribution < -0.4 is 15.5 Å². The summed E-state index contributed by atoms with van der Waals surface area (Å²) in [5.41, 5.74) is 2.55. The fourth-order valence-electron chi connectivity index (χ4n) is 2.71. The number of amides is 2. The van der Waals surface area contributed by atoms with Crippen molar-refractivity contribution in [2.24, 2.45) is 7.05 Å². The number of carbonyl (C=O) groups excluding carboxylic acids is 1. The number of halogens is 1. The second kappa shape index (κ2) is 8.13. The number of anilines is 1. The first-order valence-corrected chi connectivity index (χ1v) is 8.51. The number of carbonyl (C=O) groups is 1. The molecule has 26 heavy (non-hydrogen) atoms. The van der Waals surface area contributed by atoms with Crippen molar-refractivity contribution in [2.75, 3.05) is 31.2 Å². The fraction of sp³-hybridized carbons (Fsp3) is 0.471. The summed E-state index contributed by atoms with van der Waals surface area (Å²) in [5, 5.41) is 9.59. The number of aryl methyl sites for hydroxylation is 1. The number of rotatable bonds is 5. The van der Waals surface area contributed by atoms with Crippen molar-refractivity contribution in [3.8, 4) is 0 Å². The third kappa shape index (κ3) is 4.29. The summed E-state index contributed by atoms with van der Waals surface area (Å²) >= 11 is 0. The predicted octanol–water partition coefficient (Wildman–Crippen LogP) is 1.10. The van der Waals surface area contributed by atoms with Gasteiger partial charge in [-0.3, -0.25) is 4.68 Å². The van der Waals surface area contributed by atoms with Crippen LogP contribution in [0.4, 0.5) is 15.0 Å². The van der Waals surface area contributed by atoms with Gasteiger partial charge in [-0.25, -0.2) is 14.2 Å². The number of ether oxygens (including phenoxy) is 1. The van der Waals surface area contributed by atoms with Gasteiger partial charge in [-0.05, 0) is 18.6 Å². The summed E-state index contributed by atoms with van der Waals surface area (Å²) in [6.07, 6.45) is 3.30. The second-order valence-electron chi connectivity index (χ2n) is 6.16. The monoisotopic (exact) mass is 362 g/mol. The molecule has 1 aliphatic rings. The molecule has 0 aliphatic carbocycles. The smallest absolute Gasteiger partial charge is 0.315 e. The van der Waals surface area contributed by atoms with Crippen LogP contribution in [-0.2, 0) is 24.9 Å². The molecule has 2 aromatic heterocycles. The topological polar surface area (TPSA) is 84.3 Å². The first kappa shape index (κ1) is 18.1. The van der Waals surface area contributed by atoms with E-state index in [4.69, 9.17) is 4.74 Å². The Morgan fingerprint density at radius 1 is 1.27 bits per heavy atom. The minimum atomic E-state index is -0.391. The first-order chi connectivity index (χ1) is 12.5. The lowest BCUT2D eigenvalue weighted by Gasteiger charge is -2.28. The summed E-state index contributed by atoms with van der Waals surface area (Å²) in [7, 11) is 1.85. The molecule has 0 atom stereocenters. The normalized spacial score (nSPS) is 14.3. The fourth-order valence-corrected chi connectivity index (χ4v) is 2.71. The van der Waals surface area contributed by atoms with Gasteiger partial charge in [-0.1, -0.05) is 0 Å². The van der Waals surface area contributed by atoms with Crippen LogP contribution in [-0.4, -0.2) is 47.1 Å². The van der Waals surface area contributed by atoms with E-state index in [0.717, 1.165) is 11.3 Å². The highest BCUT2D eigenvalue weighted by molar-refractivity contribution is 5.73. The molecule has 9 heteroatoms. The van der Waals surface area contributed by atoms with Crippen LogP contribution in [0.5, 0.6) is 0 Å². The van der Waals surface area contributed by atoms with Gasteiger partial charge in [0, 0.05) is 50.7 Å². The number of aromatic nitrogens is 3. The Balaban J connectivity index is 1.50. The molecule has 2 aromatic rings. The molecular weight excluding hydrogens is 339 g/mol. The largest absolute Gasteiger partial charge is 0.378 e. The first-order valence-electron chi connectivity index (χ1n) is 8.51. The highest BCUT2D eigenvalue weighted by atomic mass is 19.1. The minimum absolute atomic E-state index is 0.200. The van der Waals surface area contributed by atoms with E-state index in [-0.39, 0.29) is 12.6 Å². The highest BCUT2D eigenvalue weighted by Gasteiger charge is 2.17. The predicted molar refractivity (Wildman–Crippen MR) is 94.2 cm³/mol. The van der Waals surface area contributed by atoms with Crippen LogP contribution in [0, 0.1) is 12.7 Å². The van der Waals surface area contributed by atoms with Crippen molar-refractivity contribution < 1.29 is 13.9 Å². The van der Waals surface area contributed by atoms with E-state index in [1.165, 1.54) is 6.07 Å². The number of nitrogens with zero attached hydrogens (tertiary/aromatic N) is 4. The number of morpholine rings is 1. The van der Waals surface area contributed by atoms with E-state index in [1.807, 2.05) is 18.9 Å². The number of hydrogen-bond acceptors (Lipinski definition) is 5. The van der Waals surface area contributed by atoms with Gasteiger partial charge in [0.15, 0.2) is 11.6 Å². The third-order valence-corrected chi connectivity index (χ3v) is 4.42. The van der Waals surface area contributed by atoms with Crippen LogP contribution in [0.25, 0.3) is 0 Å². The molecule has 8 nitrogen and oxygen atoms in total. The van der Waals surface area contributed by atoms with Gasteiger partial charge < -0.3 is 20.3 Å². The van der Waals surface area contributed by atoms with E-state index < -0.39 is 5.82 Å². The molecule has 1 fully saturated rings. The molecule has 1 saturated heterocycles. The molecule has 3 rings (SSSR count). The Labute approximate surface area is 151 Å². The number of nitrogens with one attached hydrogen (secondary N) is 2. The van der Waals surface area contributed by atoms with Gasteiger partial charge in [-0.15, -0.1) is 0 Å². The summed E-state index contributed by atoms with van der Waals surface area (Å²) in [6.45, 7) is 4.91. The van der Waals surface area contributed by atoms with Crippen LogP contribution in [0.15, 0.2) is 18.5 Å². The maximum Gasteiger partial charge on any atom is 0.315 e. The molecular formula is C17H23FN6O2. The molecule has 140 valence electrons. The quantitative estimate of drug-likeness (QED) is 0.832. The lowest BCUT2D eigenvalue weighted by atomic mass is 10.2. The van der Waals surface area contributed by atoms with E-state index in [2.05, 4.69) is 20.7 Å². The van der Waals surface area contributed by atoms with Gasteiger partial charge in [0.05, 0.1) is 19.4 Å². The molecule has 0 bridgehead atoms. The Bertz CT molecular complexity index is 773. The summed E-state index contributed by atoms with van der Waals surface area (Å²) < 4.78 is 21.3. The van der Waals surface area contributed by atoms with Crippen LogP contribution in [0.1, 0.15) is 16.8 Å². The summed E-state index contributed by atoms with van der Waals surface area (Å²) in [4.78, 5) is 18.0. The van der Waals surface area contributed by atoms with E-state index in [9.17, 15) is 9.18 Å². The molecule has 0 unspecified atom stereocenters. The second-order valence-corrected chi connectivity index (χ2v) is 6.16. The molecule has 0 saturated carbocycles. The standard InChI is InChI=1S/C17H23FN6O2/c1-12-14(11-22-23(12)2)10-21-17(25)20-9-13-7-15(18)16(19-8-13)24-3-5-26-6-4-24/h7-8,11H,3-6,9-10H2,1-2H3,(H2,20,21,25). The van der Waals surface area contributed by atoms with E-state index in [1.54, 1.807) is 17.1 Å². The van der Waals surface area contributed by atoms with Crippen molar-refractivity contribution in [3.63, 3.8) is 0 Å². The zero-order valence-electron chi connectivity index (χ0n) is 15.0. The van der Waals surface area contributed by atoms with Crippen molar-refractivity contribution in [2.45, 2.75) is 20.0 Å². The molecule has 0 aromatic carbocycles. The van der Waals surface area contributed by atoms with Gasteiger partial charge in [-0.2, -0.15) is 5.10 Å². The Kier molecular flexibility index (Phi) is 5.67. The summed E-state index contributed by atoms with van der Waals surface area (Å²) in [5.74, 6) is -0.0638. The number of hydrogen-bond donors (Lipinski definition) is 2. The Morgan fingerprint density at radius 3 is 2.65 bits per heavy atom. The average molecular weight is 362 g/mol. The SMILES string of the molecule is Cc1c(CNC(=O)NCc2cnc(N3CCOCC3)c(F)c2)cnn1C. The minimum Gasteiger partial charge on any atom is -0.378 e. The molecule has 0 radical (unpaired) electrons. The average Bonchev–Trinajstić information content (AvgIpc) is 2.97. The number of pyridine rings is 1. The maximum absolute atomic E-state index is 14.3. The van der Waals surface area contributed by atoms with Crippen LogP contribution in [0.2, 0.25) is 0 Å². The van der Waals surface area contributed by atoms with Gasteiger partial charge in [0.25, 0.3) is 0 Å². The third-order valence-electron chi connectivity index (χ3n) is 4.42. The maximum atomic E-state index is 14.3. The zero-order valence-corrected chi connectivity index (χ0v) is 15.0. The zero-order chi connectivity index (χ0) is 18.5. The highest BCUT2D eigenvalue weighted by Crippen LogP contribution is 2.18.